The van der Waals surface area contributed by atoms with Crippen LogP contribution in [0, 0.1) is 0 Å². The minimum absolute atomic E-state index is 0.248. The number of nitrogens with zero attached hydrogens (tertiary/aromatic N) is 1. The maximum atomic E-state index is 12.8. The lowest BCUT2D eigenvalue weighted by atomic mass is 9.92. The molecule has 5 nitrogen and oxygen atoms in total. The second-order valence-electron chi connectivity index (χ2n) is 6.03. The Morgan fingerprint density at radius 1 is 1.25 bits per heavy atom. The second-order valence-corrected chi connectivity index (χ2v) is 6.47. The number of rotatable bonds is 3. The monoisotopic (exact) mass is 346 g/mol. The highest BCUT2D eigenvalue weighted by Crippen LogP contribution is 2.23. The lowest BCUT2D eigenvalue weighted by Gasteiger charge is -2.39. The number of carbonyl (C=O) groups is 1. The molecule has 1 aromatic heterocycles. The molecule has 1 amide bonds. The van der Waals surface area contributed by atoms with E-state index in [1.807, 2.05) is 12.1 Å². The molecular formula is C18H19ClN2O3. The minimum atomic E-state index is -0.589. The SMILES string of the molecule is O=C(c1cccc(=O)[nH]1)N1CCC[C@H](O)[C@@H]1Cc1ccc(Cl)cc1. The van der Waals surface area contributed by atoms with Gasteiger partial charge in [-0.15, -0.1) is 0 Å². The van der Waals surface area contributed by atoms with Gasteiger partial charge in [0.2, 0.25) is 5.56 Å². The van der Waals surface area contributed by atoms with Crippen molar-refractivity contribution in [2.75, 3.05) is 6.54 Å². The number of nitrogens with one attached hydrogen (secondary N) is 1. The molecule has 1 aliphatic heterocycles. The van der Waals surface area contributed by atoms with Crippen LogP contribution in [0.15, 0.2) is 47.3 Å². The van der Waals surface area contributed by atoms with Crippen molar-refractivity contribution in [3.8, 4) is 0 Å². The van der Waals surface area contributed by atoms with Crippen LogP contribution >= 0.6 is 11.6 Å². The van der Waals surface area contributed by atoms with Crippen molar-refractivity contribution >= 4 is 17.5 Å². The van der Waals surface area contributed by atoms with Crippen molar-refractivity contribution in [1.82, 2.24) is 9.88 Å². The van der Waals surface area contributed by atoms with Crippen molar-refractivity contribution in [1.29, 1.82) is 0 Å². The topological polar surface area (TPSA) is 73.4 Å². The number of carbonyl (C=O) groups excluding carboxylic acids is 1. The number of aliphatic hydroxyl groups excluding tert-OH is 1. The average Bonchev–Trinajstić information content (AvgIpc) is 2.58. The summed E-state index contributed by atoms with van der Waals surface area (Å²) in [5, 5.41) is 11.1. The summed E-state index contributed by atoms with van der Waals surface area (Å²) in [5.41, 5.74) is 0.940. The minimum Gasteiger partial charge on any atom is -0.391 e. The number of aliphatic hydroxyl groups is 1. The van der Waals surface area contributed by atoms with Gasteiger partial charge in [0.25, 0.3) is 5.91 Å². The summed E-state index contributed by atoms with van der Waals surface area (Å²) in [6, 6.07) is 11.6. The van der Waals surface area contributed by atoms with Gasteiger partial charge in [-0.1, -0.05) is 29.8 Å². The number of hydrogen-bond donors (Lipinski definition) is 2. The number of amides is 1. The first-order valence-corrected chi connectivity index (χ1v) is 8.35. The number of aromatic nitrogens is 1. The van der Waals surface area contributed by atoms with E-state index >= 15 is 0 Å². The van der Waals surface area contributed by atoms with E-state index in [1.54, 1.807) is 29.2 Å². The summed E-state index contributed by atoms with van der Waals surface area (Å²) in [5.74, 6) is -0.259. The number of halogens is 1. The summed E-state index contributed by atoms with van der Waals surface area (Å²) in [4.78, 5) is 28.5. The Labute approximate surface area is 144 Å². The van der Waals surface area contributed by atoms with Crippen molar-refractivity contribution in [2.24, 2.45) is 0 Å². The zero-order valence-corrected chi connectivity index (χ0v) is 13.9. The molecule has 0 radical (unpaired) electrons. The van der Waals surface area contributed by atoms with Gasteiger partial charge in [0.05, 0.1) is 12.1 Å². The molecule has 1 fully saturated rings. The first kappa shape index (κ1) is 16.7. The molecule has 6 heteroatoms. The molecule has 24 heavy (non-hydrogen) atoms. The Bertz CT molecular complexity index is 772. The van der Waals surface area contributed by atoms with E-state index in [0.29, 0.717) is 24.4 Å². The summed E-state index contributed by atoms with van der Waals surface area (Å²) < 4.78 is 0. The van der Waals surface area contributed by atoms with Crippen molar-refractivity contribution in [3.05, 3.63) is 69.1 Å². The Kier molecular flexibility index (Phi) is 5.02. The normalized spacial score (nSPS) is 20.8. The molecule has 0 aliphatic carbocycles. The van der Waals surface area contributed by atoms with Crippen LogP contribution in [-0.4, -0.2) is 39.6 Å². The number of benzene rings is 1. The van der Waals surface area contributed by atoms with Crippen LogP contribution in [-0.2, 0) is 6.42 Å². The van der Waals surface area contributed by atoms with Gasteiger partial charge in [0.1, 0.15) is 5.69 Å². The zero-order valence-electron chi connectivity index (χ0n) is 13.1. The predicted octanol–water partition coefficient (Wildman–Crippen LogP) is 2.24. The second kappa shape index (κ2) is 7.20. The molecule has 0 bridgehead atoms. The smallest absolute Gasteiger partial charge is 0.270 e. The van der Waals surface area contributed by atoms with E-state index in [2.05, 4.69) is 4.98 Å². The molecule has 1 aromatic carbocycles. The first-order valence-electron chi connectivity index (χ1n) is 7.97. The number of hydrogen-bond acceptors (Lipinski definition) is 3. The summed E-state index contributed by atoms with van der Waals surface area (Å²) in [6.07, 6.45) is 1.35. The average molecular weight is 347 g/mol. The predicted molar refractivity (Wildman–Crippen MR) is 92.3 cm³/mol. The fraction of sp³-hybridized carbons (Fsp3) is 0.333. The Hall–Kier alpha value is -2.11. The molecule has 3 rings (SSSR count). The molecule has 2 heterocycles. The van der Waals surface area contributed by atoms with Crippen molar-refractivity contribution in [3.63, 3.8) is 0 Å². The highest BCUT2D eigenvalue weighted by atomic mass is 35.5. The largest absolute Gasteiger partial charge is 0.391 e. The van der Waals surface area contributed by atoms with Gasteiger partial charge < -0.3 is 15.0 Å². The lowest BCUT2D eigenvalue weighted by Crippen LogP contribution is -2.52. The molecule has 2 N–H and O–H groups in total. The molecule has 0 spiro atoms. The number of aromatic amines is 1. The Morgan fingerprint density at radius 3 is 2.71 bits per heavy atom. The van der Waals surface area contributed by atoms with Crippen LogP contribution in [0.25, 0.3) is 0 Å². The van der Waals surface area contributed by atoms with Gasteiger partial charge in [-0.25, -0.2) is 0 Å². The Morgan fingerprint density at radius 2 is 2.00 bits per heavy atom. The Balaban J connectivity index is 1.84. The highest BCUT2D eigenvalue weighted by Gasteiger charge is 2.34. The van der Waals surface area contributed by atoms with Gasteiger partial charge in [-0.2, -0.15) is 0 Å². The molecular weight excluding hydrogens is 328 g/mol. The lowest BCUT2D eigenvalue weighted by molar-refractivity contribution is 0.0115. The van der Waals surface area contributed by atoms with Crippen LogP contribution < -0.4 is 5.56 Å². The highest BCUT2D eigenvalue weighted by molar-refractivity contribution is 6.30. The van der Waals surface area contributed by atoms with E-state index in [0.717, 1.165) is 12.0 Å². The molecule has 2 atom stereocenters. The number of pyridine rings is 1. The quantitative estimate of drug-likeness (QED) is 0.895. The first-order chi connectivity index (χ1) is 11.5. The third-order valence-electron chi connectivity index (χ3n) is 4.36. The summed E-state index contributed by atoms with van der Waals surface area (Å²) in [7, 11) is 0. The molecule has 126 valence electrons. The molecule has 0 unspecified atom stereocenters. The van der Waals surface area contributed by atoms with E-state index in [9.17, 15) is 14.7 Å². The number of H-pyrrole nitrogens is 1. The summed E-state index contributed by atoms with van der Waals surface area (Å²) in [6.45, 7) is 0.561. The van der Waals surface area contributed by atoms with Gasteiger partial charge in [0.15, 0.2) is 0 Å². The standard InChI is InChI=1S/C18H19ClN2O3/c19-13-8-6-12(7-9-13)11-15-16(22)4-2-10-21(15)18(24)14-3-1-5-17(23)20-14/h1,3,5-9,15-16,22H,2,4,10-11H2,(H,20,23)/t15-,16-/m0/s1. The van der Waals surface area contributed by atoms with Crippen molar-refractivity contribution in [2.45, 2.75) is 31.4 Å². The summed E-state index contributed by atoms with van der Waals surface area (Å²) >= 11 is 5.91. The fourth-order valence-electron chi connectivity index (χ4n) is 3.12. The third kappa shape index (κ3) is 3.68. The molecule has 2 aromatic rings. The third-order valence-corrected chi connectivity index (χ3v) is 4.61. The maximum absolute atomic E-state index is 12.8. The van der Waals surface area contributed by atoms with Gasteiger partial charge >= 0.3 is 0 Å². The van der Waals surface area contributed by atoms with E-state index in [1.165, 1.54) is 6.07 Å². The van der Waals surface area contributed by atoms with Crippen molar-refractivity contribution < 1.29 is 9.90 Å². The molecule has 1 saturated heterocycles. The van der Waals surface area contributed by atoms with Crippen LogP contribution in [0.2, 0.25) is 5.02 Å². The maximum Gasteiger partial charge on any atom is 0.270 e. The van der Waals surface area contributed by atoms with Crippen LogP contribution in [0.3, 0.4) is 0 Å². The van der Waals surface area contributed by atoms with E-state index in [4.69, 9.17) is 11.6 Å². The number of likely N-dealkylation sites (tertiary alicyclic amines) is 1. The van der Waals surface area contributed by atoms with Crippen LogP contribution in [0.4, 0.5) is 0 Å². The van der Waals surface area contributed by atoms with E-state index in [-0.39, 0.29) is 23.2 Å². The molecule has 1 aliphatic rings. The van der Waals surface area contributed by atoms with Gasteiger partial charge in [-0.05, 0) is 43.0 Å². The zero-order chi connectivity index (χ0) is 17.1. The van der Waals surface area contributed by atoms with Crippen LogP contribution in [0.1, 0.15) is 28.9 Å². The van der Waals surface area contributed by atoms with E-state index < -0.39 is 6.10 Å². The fourth-order valence-corrected chi connectivity index (χ4v) is 3.25. The van der Waals surface area contributed by atoms with Gasteiger partial charge in [0, 0.05) is 17.6 Å². The van der Waals surface area contributed by atoms with Gasteiger partial charge in [-0.3, -0.25) is 9.59 Å². The van der Waals surface area contributed by atoms with Crippen LogP contribution in [0.5, 0.6) is 0 Å². The number of piperidine rings is 1. The molecule has 0 saturated carbocycles.